The number of urea groups is 1. The highest BCUT2D eigenvalue weighted by Gasteiger charge is 2.57. The molecule has 1 spiro atoms. The van der Waals surface area contributed by atoms with Crippen LogP contribution < -0.4 is 0 Å². The largest absolute Gasteiger partial charge is 0.327 e. The van der Waals surface area contributed by atoms with Gasteiger partial charge in [-0.2, -0.15) is 0 Å². The van der Waals surface area contributed by atoms with Crippen molar-refractivity contribution in [2.45, 2.75) is 64.6 Å². The molecule has 5 nitrogen and oxygen atoms in total. The van der Waals surface area contributed by atoms with Crippen molar-refractivity contribution < 1.29 is 9.59 Å². The quantitative estimate of drug-likeness (QED) is 0.742. The van der Waals surface area contributed by atoms with E-state index in [9.17, 15) is 9.59 Å². The van der Waals surface area contributed by atoms with E-state index in [-0.39, 0.29) is 18.0 Å². The summed E-state index contributed by atoms with van der Waals surface area (Å²) in [5.41, 5.74) is -0.592. The van der Waals surface area contributed by atoms with Crippen LogP contribution in [-0.4, -0.2) is 64.4 Å². The molecule has 0 aromatic rings. The van der Waals surface area contributed by atoms with Crippen LogP contribution in [0.4, 0.5) is 4.79 Å². The van der Waals surface area contributed by atoms with Crippen molar-refractivity contribution in [2.75, 3.05) is 20.1 Å². The molecule has 2 fully saturated rings. The Balaban J connectivity index is 2.17. The number of imide groups is 1. The van der Waals surface area contributed by atoms with E-state index in [4.69, 9.17) is 0 Å². The van der Waals surface area contributed by atoms with Crippen LogP contribution in [0.1, 0.15) is 47.0 Å². The summed E-state index contributed by atoms with van der Waals surface area (Å²) in [6.45, 7) is 10.00. The van der Waals surface area contributed by atoms with E-state index in [1.54, 1.807) is 11.9 Å². The summed E-state index contributed by atoms with van der Waals surface area (Å²) in [5, 5.41) is 0. The number of carbonyl (C=O) groups excluding carboxylic acids is 2. The Morgan fingerprint density at radius 2 is 1.70 bits per heavy atom. The van der Waals surface area contributed by atoms with E-state index >= 15 is 0 Å². The highest BCUT2D eigenvalue weighted by atomic mass is 16.2. The molecule has 0 radical (unpaired) electrons. The number of hydrogen-bond acceptors (Lipinski definition) is 3. The molecule has 2 rings (SSSR count). The lowest BCUT2D eigenvalue weighted by Crippen LogP contribution is -2.56. The van der Waals surface area contributed by atoms with Crippen LogP contribution in [0.3, 0.4) is 0 Å². The van der Waals surface area contributed by atoms with Crippen LogP contribution in [0.15, 0.2) is 0 Å². The monoisotopic (exact) mass is 281 g/mol. The third kappa shape index (κ3) is 2.12. The minimum atomic E-state index is -0.592. The summed E-state index contributed by atoms with van der Waals surface area (Å²) in [7, 11) is 1.78. The summed E-state index contributed by atoms with van der Waals surface area (Å²) in [6.07, 6.45) is 2.62. The predicted molar refractivity (Wildman–Crippen MR) is 78.4 cm³/mol. The molecule has 0 aliphatic carbocycles. The van der Waals surface area contributed by atoms with E-state index < -0.39 is 5.54 Å². The molecule has 0 aromatic carbocycles. The van der Waals surface area contributed by atoms with Crippen LogP contribution in [0.2, 0.25) is 0 Å². The minimum Gasteiger partial charge on any atom is -0.312 e. The van der Waals surface area contributed by atoms with Crippen molar-refractivity contribution in [3.8, 4) is 0 Å². The molecule has 1 atom stereocenters. The molecule has 0 saturated carbocycles. The van der Waals surface area contributed by atoms with E-state index in [0.717, 1.165) is 32.4 Å². The zero-order chi connectivity index (χ0) is 15.1. The Morgan fingerprint density at radius 1 is 1.15 bits per heavy atom. The van der Waals surface area contributed by atoms with Gasteiger partial charge in [0.15, 0.2) is 0 Å². The van der Waals surface area contributed by atoms with Crippen molar-refractivity contribution in [3.05, 3.63) is 0 Å². The third-order valence-corrected chi connectivity index (χ3v) is 5.11. The number of carbonyl (C=O) groups is 2. The number of rotatable bonds is 3. The fourth-order valence-corrected chi connectivity index (χ4v) is 3.40. The van der Waals surface area contributed by atoms with Crippen LogP contribution in [0.25, 0.3) is 0 Å². The fourth-order valence-electron chi connectivity index (χ4n) is 3.40. The van der Waals surface area contributed by atoms with Crippen molar-refractivity contribution in [2.24, 2.45) is 0 Å². The van der Waals surface area contributed by atoms with Crippen molar-refractivity contribution in [3.63, 3.8) is 0 Å². The summed E-state index contributed by atoms with van der Waals surface area (Å²) < 4.78 is 0. The first-order valence-electron chi connectivity index (χ1n) is 7.70. The standard InChI is InChI=1S/C15H27N3O2/c1-6-12(4)17-9-7-15(8-10-17)13(19)18(11(2)3)14(20)16(15)5/h11-12H,6-10H2,1-5H3/t12-/m1/s1. The van der Waals surface area contributed by atoms with Crippen molar-refractivity contribution in [1.82, 2.24) is 14.7 Å². The SMILES string of the molecule is CC[C@@H](C)N1CCC2(CC1)C(=O)N(C(C)C)C(=O)N2C. The average molecular weight is 281 g/mol. The zero-order valence-corrected chi connectivity index (χ0v) is 13.3. The maximum Gasteiger partial charge on any atom is 0.327 e. The first-order valence-corrected chi connectivity index (χ1v) is 7.70. The summed E-state index contributed by atoms with van der Waals surface area (Å²) in [4.78, 5) is 30.6. The van der Waals surface area contributed by atoms with E-state index in [1.807, 2.05) is 13.8 Å². The Labute approximate surface area is 121 Å². The van der Waals surface area contributed by atoms with Gasteiger partial charge < -0.3 is 9.80 Å². The van der Waals surface area contributed by atoms with Crippen LogP contribution in [0, 0.1) is 0 Å². The van der Waals surface area contributed by atoms with E-state index in [2.05, 4.69) is 18.7 Å². The lowest BCUT2D eigenvalue weighted by Gasteiger charge is -2.42. The average Bonchev–Trinajstić information content (AvgIpc) is 2.61. The normalized spacial score (nSPS) is 25.1. The van der Waals surface area contributed by atoms with Gasteiger partial charge in [0, 0.05) is 32.2 Å². The predicted octanol–water partition coefficient (Wildman–Crippen LogP) is 1.92. The second-order valence-electron chi connectivity index (χ2n) is 6.44. The fraction of sp³-hybridized carbons (Fsp3) is 0.867. The molecule has 0 unspecified atom stereocenters. The molecule has 5 heteroatoms. The highest BCUT2D eigenvalue weighted by molar-refractivity contribution is 6.07. The molecule has 0 N–H and O–H groups in total. The van der Waals surface area contributed by atoms with Gasteiger partial charge in [0.05, 0.1) is 0 Å². The zero-order valence-electron chi connectivity index (χ0n) is 13.3. The van der Waals surface area contributed by atoms with Crippen LogP contribution in [0.5, 0.6) is 0 Å². The van der Waals surface area contributed by atoms with Gasteiger partial charge in [-0.15, -0.1) is 0 Å². The second kappa shape index (κ2) is 5.35. The first kappa shape index (κ1) is 15.3. The molecular formula is C15H27N3O2. The van der Waals surface area contributed by atoms with Gasteiger partial charge in [0.25, 0.3) is 5.91 Å². The van der Waals surface area contributed by atoms with Gasteiger partial charge in [-0.3, -0.25) is 9.69 Å². The summed E-state index contributed by atoms with van der Waals surface area (Å²) >= 11 is 0. The maximum atomic E-state index is 12.7. The minimum absolute atomic E-state index is 0.00352. The Bertz CT molecular complexity index is 400. The second-order valence-corrected chi connectivity index (χ2v) is 6.44. The van der Waals surface area contributed by atoms with E-state index in [0.29, 0.717) is 6.04 Å². The maximum absolute atomic E-state index is 12.7. The molecule has 20 heavy (non-hydrogen) atoms. The van der Waals surface area contributed by atoms with Gasteiger partial charge >= 0.3 is 6.03 Å². The highest BCUT2D eigenvalue weighted by Crippen LogP contribution is 2.37. The van der Waals surface area contributed by atoms with Gasteiger partial charge in [-0.25, -0.2) is 4.79 Å². The topological polar surface area (TPSA) is 43.9 Å². The molecule has 3 amide bonds. The van der Waals surface area contributed by atoms with Crippen LogP contribution >= 0.6 is 0 Å². The smallest absolute Gasteiger partial charge is 0.312 e. The number of hydrogen-bond donors (Lipinski definition) is 0. The molecule has 114 valence electrons. The molecular weight excluding hydrogens is 254 g/mol. The Hall–Kier alpha value is -1.10. The molecule has 2 saturated heterocycles. The third-order valence-electron chi connectivity index (χ3n) is 5.11. The first-order chi connectivity index (χ1) is 9.35. The Morgan fingerprint density at radius 3 is 2.10 bits per heavy atom. The number of piperidine rings is 1. The number of amides is 3. The summed E-state index contributed by atoms with van der Waals surface area (Å²) in [6, 6.07) is 0.345. The van der Waals surface area contributed by atoms with Gasteiger partial charge in [-0.05, 0) is 40.0 Å². The molecule has 0 bridgehead atoms. The van der Waals surface area contributed by atoms with Gasteiger partial charge in [0.1, 0.15) is 5.54 Å². The van der Waals surface area contributed by atoms with E-state index in [1.165, 1.54) is 4.90 Å². The molecule has 2 aliphatic rings. The van der Waals surface area contributed by atoms with Crippen LogP contribution in [-0.2, 0) is 4.79 Å². The summed E-state index contributed by atoms with van der Waals surface area (Å²) in [5.74, 6) is 0.00352. The lowest BCUT2D eigenvalue weighted by molar-refractivity contribution is -0.136. The van der Waals surface area contributed by atoms with Gasteiger partial charge in [0.2, 0.25) is 0 Å². The lowest BCUT2D eigenvalue weighted by atomic mass is 9.85. The Kier molecular flexibility index (Phi) is 4.09. The molecule has 0 aromatic heterocycles. The molecule has 2 aliphatic heterocycles. The number of likely N-dealkylation sites (N-methyl/N-ethyl adjacent to an activating group) is 1. The number of likely N-dealkylation sites (tertiary alicyclic amines) is 1. The van der Waals surface area contributed by atoms with Crippen molar-refractivity contribution >= 4 is 11.9 Å². The molecule has 2 heterocycles. The van der Waals surface area contributed by atoms with Crippen molar-refractivity contribution in [1.29, 1.82) is 0 Å². The number of nitrogens with zero attached hydrogens (tertiary/aromatic N) is 3. The van der Waals surface area contributed by atoms with Gasteiger partial charge in [-0.1, -0.05) is 6.92 Å².